The minimum Gasteiger partial charge on any atom is -0.290 e. The lowest BCUT2D eigenvalue weighted by Gasteiger charge is -2.08. The van der Waals surface area contributed by atoms with Gasteiger partial charge in [0.1, 0.15) is 0 Å². The van der Waals surface area contributed by atoms with Crippen LogP contribution in [0.3, 0.4) is 0 Å². The lowest BCUT2D eigenvalue weighted by molar-refractivity contribution is 0.0953. The Morgan fingerprint density at radius 2 is 1.84 bits per heavy atom. The van der Waals surface area contributed by atoms with Gasteiger partial charge in [0, 0.05) is 20.7 Å². The molecule has 0 saturated heterocycles. The molecule has 3 nitrogen and oxygen atoms in total. The van der Waals surface area contributed by atoms with Crippen LogP contribution in [0.25, 0.3) is 0 Å². The van der Waals surface area contributed by atoms with Crippen LogP contribution in [0.5, 0.6) is 0 Å². The Morgan fingerprint density at radius 3 is 2.58 bits per heavy atom. The SMILES string of the molecule is NNC(=O)c1ccccc1CSc1ccccc1Br. The van der Waals surface area contributed by atoms with Gasteiger partial charge in [-0.05, 0) is 39.7 Å². The van der Waals surface area contributed by atoms with Gasteiger partial charge in [-0.2, -0.15) is 0 Å². The van der Waals surface area contributed by atoms with E-state index in [0.717, 1.165) is 14.9 Å². The molecule has 0 aliphatic carbocycles. The Morgan fingerprint density at radius 1 is 1.16 bits per heavy atom. The number of hydrazine groups is 1. The fourth-order valence-corrected chi connectivity index (χ4v) is 3.23. The zero-order valence-corrected chi connectivity index (χ0v) is 12.5. The summed E-state index contributed by atoms with van der Waals surface area (Å²) in [4.78, 5) is 12.8. The number of nitrogens with one attached hydrogen (secondary N) is 1. The molecule has 2 aromatic rings. The Bertz CT molecular complexity index is 589. The van der Waals surface area contributed by atoms with Crippen LogP contribution in [0.2, 0.25) is 0 Å². The fraction of sp³-hybridized carbons (Fsp3) is 0.0714. The molecule has 0 spiro atoms. The highest BCUT2D eigenvalue weighted by atomic mass is 79.9. The first-order chi connectivity index (χ1) is 9.22. The van der Waals surface area contributed by atoms with Crippen molar-refractivity contribution in [1.29, 1.82) is 0 Å². The zero-order chi connectivity index (χ0) is 13.7. The van der Waals surface area contributed by atoms with E-state index in [1.54, 1.807) is 17.8 Å². The topological polar surface area (TPSA) is 55.1 Å². The van der Waals surface area contributed by atoms with E-state index in [0.29, 0.717) is 11.3 Å². The first-order valence-electron chi connectivity index (χ1n) is 5.68. The van der Waals surface area contributed by atoms with Crippen molar-refractivity contribution in [3.8, 4) is 0 Å². The Balaban J connectivity index is 2.16. The number of nitrogens with two attached hydrogens (primary N) is 1. The highest BCUT2D eigenvalue weighted by Gasteiger charge is 2.10. The molecule has 0 saturated carbocycles. The van der Waals surface area contributed by atoms with E-state index >= 15 is 0 Å². The third kappa shape index (κ3) is 3.59. The molecular formula is C14H13BrN2OS. The molecule has 0 radical (unpaired) electrons. The van der Waals surface area contributed by atoms with Gasteiger partial charge in [0.25, 0.3) is 5.91 Å². The molecule has 0 aliphatic rings. The van der Waals surface area contributed by atoms with Gasteiger partial charge in [0.15, 0.2) is 0 Å². The monoisotopic (exact) mass is 336 g/mol. The minimum atomic E-state index is -0.261. The van der Waals surface area contributed by atoms with Crippen LogP contribution in [-0.2, 0) is 5.75 Å². The maximum absolute atomic E-state index is 11.7. The molecule has 0 atom stereocenters. The number of carbonyl (C=O) groups is 1. The van der Waals surface area contributed by atoms with E-state index in [4.69, 9.17) is 5.84 Å². The van der Waals surface area contributed by atoms with Crippen LogP contribution >= 0.6 is 27.7 Å². The molecule has 0 fully saturated rings. The van der Waals surface area contributed by atoms with Crippen molar-refractivity contribution in [2.24, 2.45) is 5.84 Å². The van der Waals surface area contributed by atoms with Crippen molar-refractivity contribution in [3.05, 3.63) is 64.1 Å². The summed E-state index contributed by atoms with van der Waals surface area (Å²) in [5, 5.41) is 0. The van der Waals surface area contributed by atoms with E-state index in [1.165, 1.54) is 0 Å². The number of carbonyl (C=O) groups excluding carboxylic acids is 1. The quantitative estimate of drug-likeness (QED) is 0.389. The lowest BCUT2D eigenvalue weighted by atomic mass is 10.1. The minimum absolute atomic E-state index is 0.261. The van der Waals surface area contributed by atoms with E-state index in [9.17, 15) is 4.79 Å². The van der Waals surface area contributed by atoms with Crippen molar-refractivity contribution in [3.63, 3.8) is 0 Å². The normalized spacial score (nSPS) is 10.2. The second-order valence-corrected chi connectivity index (χ2v) is 5.72. The first kappa shape index (κ1) is 14.1. The molecule has 0 unspecified atom stereocenters. The second kappa shape index (κ2) is 6.75. The summed E-state index contributed by atoms with van der Waals surface area (Å²) < 4.78 is 1.06. The van der Waals surface area contributed by atoms with Crippen LogP contribution in [0.1, 0.15) is 15.9 Å². The van der Waals surface area contributed by atoms with E-state index < -0.39 is 0 Å². The third-order valence-electron chi connectivity index (χ3n) is 2.61. The van der Waals surface area contributed by atoms with Gasteiger partial charge in [-0.25, -0.2) is 5.84 Å². The summed E-state index contributed by atoms with van der Waals surface area (Å²) in [5.74, 6) is 5.64. The molecule has 0 heterocycles. The molecule has 0 bridgehead atoms. The van der Waals surface area contributed by atoms with Crippen LogP contribution < -0.4 is 11.3 Å². The Hall–Kier alpha value is -1.30. The van der Waals surface area contributed by atoms with Gasteiger partial charge in [0.2, 0.25) is 0 Å². The summed E-state index contributed by atoms with van der Waals surface area (Å²) >= 11 is 5.19. The Kier molecular flexibility index (Phi) is 5.01. The molecule has 2 rings (SSSR count). The largest absolute Gasteiger partial charge is 0.290 e. The highest BCUT2D eigenvalue weighted by Crippen LogP contribution is 2.30. The van der Waals surface area contributed by atoms with Crippen LogP contribution in [0, 0.1) is 0 Å². The maximum atomic E-state index is 11.7. The standard InChI is InChI=1S/C14H13BrN2OS/c15-12-7-3-4-8-13(12)19-9-10-5-1-2-6-11(10)14(18)17-16/h1-8H,9,16H2,(H,17,18). The number of hydrogen-bond acceptors (Lipinski definition) is 3. The van der Waals surface area contributed by atoms with Crippen LogP contribution in [0.4, 0.5) is 0 Å². The third-order valence-corrected chi connectivity index (χ3v) is 4.69. The van der Waals surface area contributed by atoms with Gasteiger partial charge in [-0.3, -0.25) is 10.2 Å². The molecule has 3 N–H and O–H groups in total. The molecule has 5 heteroatoms. The van der Waals surface area contributed by atoms with Gasteiger partial charge in [0.05, 0.1) is 0 Å². The van der Waals surface area contributed by atoms with Crippen LogP contribution in [-0.4, -0.2) is 5.91 Å². The van der Waals surface area contributed by atoms with Gasteiger partial charge < -0.3 is 0 Å². The van der Waals surface area contributed by atoms with Gasteiger partial charge in [-0.15, -0.1) is 11.8 Å². The number of rotatable bonds is 4. The van der Waals surface area contributed by atoms with Crippen molar-refractivity contribution in [2.45, 2.75) is 10.6 Å². The van der Waals surface area contributed by atoms with E-state index in [-0.39, 0.29) is 5.91 Å². The maximum Gasteiger partial charge on any atom is 0.265 e. The number of amides is 1. The number of benzene rings is 2. The number of hydrogen-bond donors (Lipinski definition) is 2. The summed E-state index contributed by atoms with van der Waals surface area (Å²) in [7, 11) is 0. The second-order valence-electron chi connectivity index (χ2n) is 3.85. The molecule has 0 aromatic heterocycles. The number of nitrogen functional groups attached to an aromatic ring is 1. The lowest BCUT2D eigenvalue weighted by Crippen LogP contribution is -2.30. The summed E-state index contributed by atoms with van der Waals surface area (Å²) in [6.45, 7) is 0. The number of thioether (sulfide) groups is 1. The fourth-order valence-electron chi connectivity index (χ4n) is 1.66. The zero-order valence-electron chi connectivity index (χ0n) is 10.1. The molecule has 0 aliphatic heterocycles. The van der Waals surface area contributed by atoms with Crippen LogP contribution in [0.15, 0.2) is 57.9 Å². The average Bonchev–Trinajstić information content (AvgIpc) is 2.46. The average molecular weight is 337 g/mol. The molecular weight excluding hydrogens is 324 g/mol. The van der Waals surface area contributed by atoms with E-state index in [2.05, 4.69) is 21.4 Å². The van der Waals surface area contributed by atoms with Crippen molar-refractivity contribution >= 4 is 33.6 Å². The molecule has 2 aromatic carbocycles. The summed E-state index contributed by atoms with van der Waals surface area (Å²) in [6.07, 6.45) is 0. The van der Waals surface area contributed by atoms with Crippen molar-refractivity contribution in [1.82, 2.24) is 5.43 Å². The predicted molar refractivity (Wildman–Crippen MR) is 81.8 cm³/mol. The first-order valence-corrected chi connectivity index (χ1v) is 7.46. The smallest absolute Gasteiger partial charge is 0.265 e. The molecule has 19 heavy (non-hydrogen) atoms. The van der Waals surface area contributed by atoms with Crippen molar-refractivity contribution in [2.75, 3.05) is 0 Å². The Labute approximate surface area is 124 Å². The van der Waals surface area contributed by atoms with Crippen molar-refractivity contribution < 1.29 is 4.79 Å². The van der Waals surface area contributed by atoms with Gasteiger partial charge in [-0.1, -0.05) is 30.3 Å². The highest BCUT2D eigenvalue weighted by molar-refractivity contribution is 9.10. The van der Waals surface area contributed by atoms with E-state index in [1.807, 2.05) is 42.5 Å². The summed E-state index contributed by atoms with van der Waals surface area (Å²) in [5.41, 5.74) is 3.75. The molecule has 1 amide bonds. The molecule has 98 valence electrons. The summed E-state index contributed by atoms with van der Waals surface area (Å²) in [6, 6.07) is 15.5. The van der Waals surface area contributed by atoms with Gasteiger partial charge >= 0.3 is 0 Å². The predicted octanol–water partition coefficient (Wildman–Crippen LogP) is 3.34. The number of halogens is 1.